The van der Waals surface area contributed by atoms with E-state index in [2.05, 4.69) is 0 Å². The zero-order valence-electron chi connectivity index (χ0n) is 19.7. The van der Waals surface area contributed by atoms with Gasteiger partial charge in [0.25, 0.3) is 16.9 Å². The first-order valence-electron chi connectivity index (χ1n) is 11.0. The minimum Gasteiger partial charge on any atom is -0.463 e. The summed E-state index contributed by atoms with van der Waals surface area (Å²) >= 11 is 0.834. The number of hydrogen-bond acceptors (Lipinski definition) is 10. The highest BCUT2D eigenvalue weighted by atomic mass is 32.1. The number of benzene rings is 2. The van der Waals surface area contributed by atoms with Gasteiger partial charge in [0.05, 0.1) is 38.0 Å². The summed E-state index contributed by atoms with van der Waals surface area (Å²) < 4.78 is 6.16. The molecule has 0 fully saturated rings. The van der Waals surface area contributed by atoms with Gasteiger partial charge in [-0.25, -0.2) is 4.79 Å². The normalized spacial score (nSPS) is 15.2. The lowest BCUT2D eigenvalue weighted by Gasteiger charge is -2.26. The first kappa shape index (κ1) is 26.0. The third kappa shape index (κ3) is 4.55. The van der Waals surface area contributed by atoms with Crippen LogP contribution < -0.4 is 26.2 Å². The van der Waals surface area contributed by atoms with Crippen LogP contribution in [0.2, 0.25) is 0 Å². The van der Waals surface area contributed by atoms with Crippen LogP contribution in [-0.2, 0) is 14.3 Å². The number of carbonyl (C=O) groups excluding carboxylic acids is 2. The maximum atomic E-state index is 13.4. The number of nitrogens with zero attached hydrogens (tertiary/aromatic N) is 3. The van der Waals surface area contributed by atoms with E-state index < -0.39 is 33.2 Å². The number of carbonyl (C=O) groups is 2. The summed E-state index contributed by atoms with van der Waals surface area (Å²) in [6.45, 7) is 1.49. The van der Waals surface area contributed by atoms with Gasteiger partial charge in [0.1, 0.15) is 10.5 Å². The molecule has 1 unspecified atom stereocenters. The molecule has 13 nitrogen and oxygen atoms in total. The van der Waals surface area contributed by atoms with Gasteiger partial charge in [-0.3, -0.25) is 34.4 Å². The zero-order chi connectivity index (χ0) is 27.7. The Kier molecular flexibility index (Phi) is 6.90. The van der Waals surface area contributed by atoms with Gasteiger partial charge < -0.3 is 16.2 Å². The molecular weight excluding hydrogens is 518 g/mol. The fourth-order valence-electron chi connectivity index (χ4n) is 4.13. The Labute approximate surface area is 216 Å². The van der Waals surface area contributed by atoms with Crippen molar-refractivity contribution in [3.8, 4) is 0 Å². The highest BCUT2D eigenvalue weighted by molar-refractivity contribution is 7.07. The van der Waals surface area contributed by atoms with Crippen LogP contribution in [0, 0.1) is 20.2 Å². The molecule has 194 valence electrons. The van der Waals surface area contributed by atoms with Gasteiger partial charge in [0.2, 0.25) is 5.91 Å². The van der Waals surface area contributed by atoms with Crippen molar-refractivity contribution in [2.75, 3.05) is 6.61 Å². The first-order valence-corrected chi connectivity index (χ1v) is 11.8. The van der Waals surface area contributed by atoms with Crippen molar-refractivity contribution in [3.05, 3.63) is 105 Å². The van der Waals surface area contributed by atoms with E-state index in [4.69, 9.17) is 16.2 Å². The molecule has 1 atom stereocenters. The topological polar surface area (TPSA) is 204 Å². The monoisotopic (exact) mass is 537 g/mol. The number of hydrogen-bond donors (Lipinski definition) is 2. The van der Waals surface area contributed by atoms with Gasteiger partial charge in [-0.1, -0.05) is 24.3 Å². The van der Waals surface area contributed by atoms with Gasteiger partial charge in [-0.15, -0.1) is 11.3 Å². The second-order valence-electron chi connectivity index (χ2n) is 7.99. The molecule has 2 heterocycles. The van der Waals surface area contributed by atoms with Crippen LogP contribution in [0.15, 0.2) is 58.9 Å². The van der Waals surface area contributed by atoms with E-state index in [1.165, 1.54) is 48.5 Å². The maximum absolute atomic E-state index is 13.4. The lowest BCUT2D eigenvalue weighted by atomic mass is 9.82. The van der Waals surface area contributed by atoms with Crippen LogP contribution in [0.25, 0.3) is 17.5 Å². The maximum Gasteiger partial charge on any atom is 0.338 e. The number of nitro groups is 2. The smallest absolute Gasteiger partial charge is 0.338 e. The number of aromatic nitrogens is 1. The van der Waals surface area contributed by atoms with E-state index in [9.17, 15) is 34.6 Å². The molecule has 4 rings (SSSR count). The summed E-state index contributed by atoms with van der Waals surface area (Å²) in [5.41, 5.74) is 10.9. The van der Waals surface area contributed by atoms with Crippen molar-refractivity contribution in [1.29, 1.82) is 0 Å². The lowest BCUT2D eigenvalue weighted by Crippen LogP contribution is -2.42. The minimum absolute atomic E-state index is 0.0150. The second-order valence-corrected chi connectivity index (χ2v) is 9.02. The summed E-state index contributed by atoms with van der Waals surface area (Å²) in [4.78, 5) is 60.6. The molecule has 0 spiro atoms. The van der Waals surface area contributed by atoms with Crippen LogP contribution >= 0.6 is 11.3 Å². The van der Waals surface area contributed by atoms with E-state index in [-0.39, 0.29) is 49.7 Å². The van der Waals surface area contributed by atoms with Crippen molar-refractivity contribution in [2.24, 2.45) is 11.5 Å². The first-order chi connectivity index (χ1) is 18.0. The van der Waals surface area contributed by atoms with Gasteiger partial charge in [-0.05, 0) is 24.1 Å². The van der Waals surface area contributed by atoms with Crippen molar-refractivity contribution in [1.82, 2.24) is 4.57 Å². The lowest BCUT2D eigenvalue weighted by molar-refractivity contribution is -0.385. The number of nitro benzene ring substituents is 2. The SMILES string of the molecule is CCOC(=O)C1=C(N)n2c(sc(=Cc3cccc([N+](=O)[O-])c3)c2=O)=C(C(N)=O)C1c1cccc([N+](=O)[O-])c1. The van der Waals surface area contributed by atoms with Gasteiger partial charge in [-0.2, -0.15) is 0 Å². The van der Waals surface area contributed by atoms with Crippen molar-refractivity contribution in [3.63, 3.8) is 0 Å². The predicted octanol–water partition coefficient (Wildman–Crippen LogP) is 0.679. The Hall–Kier alpha value is -5.11. The summed E-state index contributed by atoms with van der Waals surface area (Å²) in [5.74, 6) is -3.53. The molecule has 14 heteroatoms. The number of ether oxygens (including phenoxy) is 1. The number of thiazole rings is 1. The molecule has 0 saturated carbocycles. The van der Waals surface area contributed by atoms with E-state index in [0.29, 0.717) is 5.56 Å². The molecule has 1 amide bonds. The van der Waals surface area contributed by atoms with Crippen LogP contribution in [-0.4, -0.2) is 32.9 Å². The quantitative estimate of drug-likeness (QED) is 0.247. The molecule has 1 aromatic heterocycles. The Bertz CT molecular complexity index is 1740. The van der Waals surface area contributed by atoms with Crippen molar-refractivity contribution >= 4 is 52.1 Å². The summed E-state index contributed by atoms with van der Waals surface area (Å²) in [7, 11) is 0. The average Bonchev–Trinajstić information content (AvgIpc) is 3.19. The number of non-ortho nitro benzene ring substituents is 2. The van der Waals surface area contributed by atoms with Crippen LogP contribution in [0.1, 0.15) is 24.0 Å². The van der Waals surface area contributed by atoms with Crippen molar-refractivity contribution in [2.45, 2.75) is 12.8 Å². The van der Waals surface area contributed by atoms with Crippen molar-refractivity contribution < 1.29 is 24.2 Å². The van der Waals surface area contributed by atoms with Crippen LogP contribution in [0.4, 0.5) is 11.4 Å². The number of rotatable bonds is 7. The molecule has 0 radical (unpaired) electrons. The van der Waals surface area contributed by atoms with Gasteiger partial charge >= 0.3 is 5.97 Å². The molecule has 0 bridgehead atoms. The summed E-state index contributed by atoms with van der Waals surface area (Å²) in [6, 6.07) is 10.8. The number of nitrogens with two attached hydrogens (primary N) is 2. The second kappa shape index (κ2) is 10.1. The molecular formula is C24H19N5O8S. The third-order valence-electron chi connectivity index (χ3n) is 5.70. The molecule has 4 N–H and O–H groups in total. The number of primary amides is 1. The van der Waals surface area contributed by atoms with Crippen LogP contribution in [0.3, 0.4) is 0 Å². The molecule has 3 aromatic rings. The largest absolute Gasteiger partial charge is 0.463 e. The minimum atomic E-state index is -1.27. The van der Waals surface area contributed by atoms with E-state index >= 15 is 0 Å². The molecule has 38 heavy (non-hydrogen) atoms. The zero-order valence-corrected chi connectivity index (χ0v) is 20.5. The molecule has 1 aliphatic rings. The highest BCUT2D eigenvalue weighted by Crippen LogP contribution is 2.38. The fourth-order valence-corrected chi connectivity index (χ4v) is 5.31. The predicted molar refractivity (Wildman–Crippen MR) is 137 cm³/mol. The van der Waals surface area contributed by atoms with E-state index in [1.807, 2.05) is 0 Å². The fraction of sp³-hybridized carbons (Fsp3) is 0.125. The van der Waals surface area contributed by atoms with Crippen LogP contribution in [0.5, 0.6) is 0 Å². The Balaban J connectivity index is 2.09. The van der Waals surface area contributed by atoms with E-state index in [0.717, 1.165) is 15.9 Å². The van der Waals surface area contributed by atoms with Gasteiger partial charge in [0.15, 0.2) is 0 Å². The molecule has 0 aliphatic carbocycles. The highest BCUT2D eigenvalue weighted by Gasteiger charge is 2.39. The standard InChI is InChI=1S/C24H19N5O8S/c1-2-37-24(32)18-17(13-6-4-8-15(11-13)29(35)36)19(21(26)30)23-27(20(18)25)22(31)16(38-23)10-12-5-3-7-14(9-12)28(33)34/h3-11,17H,2,25H2,1H3,(H2,26,30). The van der Waals surface area contributed by atoms with Gasteiger partial charge in [0, 0.05) is 24.3 Å². The number of esters is 1. The molecule has 1 aliphatic heterocycles. The Morgan fingerprint density at radius 1 is 1.08 bits per heavy atom. The molecule has 2 aromatic carbocycles. The van der Waals surface area contributed by atoms with E-state index in [1.54, 1.807) is 13.0 Å². The summed E-state index contributed by atoms with van der Waals surface area (Å²) in [6.07, 6.45) is 1.38. The Morgan fingerprint density at radius 3 is 2.32 bits per heavy atom. The molecule has 0 saturated heterocycles. The third-order valence-corrected chi connectivity index (χ3v) is 6.81. The summed E-state index contributed by atoms with van der Waals surface area (Å²) in [5, 5.41) is 22.6. The number of amides is 1. The Morgan fingerprint density at radius 2 is 1.71 bits per heavy atom. The average molecular weight is 538 g/mol. The number of fused-ring (bicyclic) bond motifs is 1.